The molecule has 0 saturated heterocycles. The van der Waals surface area contributed by atoms with Crippen molar-refractivity contribution in [2.24, 2.45) is 4.99 Å². The average Bonchev–Trinajstić information content (AvgIpc) is 3.15. The van der Waals surface area contributed by atoms with Crippen LogP contribution in [0.3, 0.4) is 0 Å². The Labute approximate surface area is 170 Å². The molecule has 2 aromatic heterocycles. The van der Waals surface area contributed by atoms with Crippen LogP contribution in [0.15, 0.2) is 39.7 Å². The van der Waals surface area contributed by atoms with E-state index in [2.05, 4.69) is 49.9 Å². The number of aromatic amines is 1. The summed E-state index contributed by atoms with van der Waals surface area (Å²) in [5.74, 6) is 2.26. The maximum atomic E-state index is 5.57. The van der Waals surface area contributed by atoms with Gasteiger partial charge in [0.15, 0.2) is 5.96 Å². The van der Waals surface area contributed by atoms with Crippen molar-refractivity contribution in [1.29, 1.82) is 0 Å². The summed E-state index contributed by atoms with van der Waals surface area (Å²) in [7, 11) is 0. The third-order valence-electron chi connectivity index (χ3n) is 4.06. The molecule has 0 unspecified atom stereocenters. The molecule has 0 aliphatic heterocycles. The second-order valence-electron chi connectivity index (χ2n) is 6.00. The monoisotopic (exact) mass is 467 g/mol. The van der Waals surface area contributed by atoms with Crippen molar-refractivity contribution >= 4 is 40.8 Å². The molecule has 7 heteroatoms. The Morgan fingerprint density at radius 2 is 2.04 bits per heavy atom. The maximum absolute atomic E-state index is 5.57. The van der Waals surface area contributed by atoms with Crippen molar-refractivity contribution in [2.75, 3.05) is 13.1 Å². The largest absolute Gasteiger partial charge is 0.444 e. The number of H-pyrrole nitrogens is 1. The van der Waals surface area contributed by atoms with Gasteiger partial charge in [0.1, 0.15) is 12.3 Å². The highest BCUT2D eigenvalue weighted by atomic mass is 127. The Bertz CT molecular complexity index is 815. The predicted octanol–water partition coefficient (Wildman–Crippen LogP) is 3.69. The van der Waals surface area contributed by atoms with Crippen LogP contribution in [0.25, 0.3) is 10.9 Å². The number of benzene rings is 1. The van der Waals surface area contributed by atoms with Gasteiger partial charge in [0.25, 0.3) is 0 Å². The van der Waals surface area contributed by atoms with Crippen molar-refractivity contribution in [1.82, 2.24) is 20.6 Å². The summed E-state index contributed by atoms with van der Waals surface area (Å²) in [5.41, 5.74) is 3.30. The van der Waals surface area contributed by atoms with E-state index in [0.29, 0.717) is 12.4 Å². The number of aryl methyl sites for hydroxylation is 2. The van der Waals surface area contributed by atoms with Crippen LogP contribution in [0, 0.1) is 13.8 Å². The standard InChI is InChI=1S/C19H25N5O.HI/c1-4-20-19(22-12-18-23-13(2)14(3)25-18)21-10-9-16-11-15-7-5-6-8-17(15)24-16;/h5-8,11,24H,4,9-10,12H2,1-3H3,(H2,20,21,22);1H. The van der Waals surface area contributed by atoms with Gasteiger partial charge in [-0.25, -0.2) is 9.98 Å². The quantitative estimate of drug-likeness (QED) is 0.294. The molecule has 0 fully saturated rings. The van der Waals surface area contributed by atoms with Gasteiger partial charge in [-0.3, -0.25) is 0 Å². The number of oxazole rings is 1. The number of aromatic nitrogens is 2. The summed E-state index contributed by atoms with van der Waals surface area (Å²) in [4.78, 5) is 12.3. The molecule has 0 saturated carbocycles. The van der Waals surface area contributed by atoms with Gasteiger partial charge in [0.2, 0.25) is 5.89 Å². The van der Waals surface area contributed by atoms with Gasteiger partial charge < -0.3 is 20.0 Å². The topological polar surface area (TPSA) is 78.2 Å². The minimum Gasteiger partial charge on any atom is -0.444 e. The first-order valence-electron chi connectivity index (χ1n) is 8.67. The van der Waals surface area contributed by atoms with E-state index in [1.54, 1.807) is 0 Å². The van der Waals surface area contributed by atoms with Crippen LogP contribution in [-0.2, 0) is 13.0 Å². The Hall–Kier alpha value is -2.03. The lowest BCUT2D eigenvalue weighted by molar-refractivity contribution is 0.473. The molecule has 6 nitrogen and oxygen atoms in total. The Kier molecular flexibility index (Phi) is 7.50. The molecule has 0 amide bonds. The van der Waals surface area contributed by atoms with E-state index < -0.39 is 0 Å². The van der Waals surface area contributed by atoms with Crippen molar-refractivity contribution in [2.45, 2.75) is 33.7 Å². The van der Waals surface area contributed by atoms with Gasteiger partial charge in [-0.15, -0.1) is 24.0 Å². The molecule has 3 rings (SSSR count). The second-order valence-corrected chi connectivity index (χ2v) is 6.00. The minimum absolute atomic E-state index is 0. The van der Waals surface area contributed by atoms with Gasteiger partial charge in [-0.2, -0.15) is 0 Å². The number of fused-ring (bicyclic) bond motifs is 1. The first-order valence-corrected chi connectivity index (χ1v) is 8.67. The fraction of sp³-hybridized carbons (Fsp3) is 0.368. The Morgan fingerprint density at radius 3 is 2.73 bits per heavy atom. The van der Waals surface area contributed by atoms with Crippen LogP contribution < -0.4 is 10.6 Å². The molecule has 0 atom stereocenters. The summed E-state index contributed by atoms with van der Waals surface area (Å²) >= 11 is 0. The highest BCUT2D eigenvalue weighted by molar-refractivity contribution is 14.0. The van der Waals surface area contributed by atoms with Crippen molar-refractivity contribution < 1.29 is 4.42 Å². The highest BCUT2D eigenvalue weighted by Gasteiger charge is 2.06. The first-order chi connectivity index (χ1) is 12.2. The molecule has 0 spiro atoms. The minimum atomic E-state index is 0. The van der Waals surface area contributed by atoms with E-state index in [9.17, 15) is 0 Å². The zero-order chi connectivity index (χ0) is 17.6. The normalized spacial score (nSPS) is 11.4. The highest BCUT2D eigenvalue weighted by Crippen LogP contribution is 2.14. The second kappa shape index (κ2) is 9.61. The van der Waals surface area contributed by atoms with Crippen LogP contribution in [-0.4, -0.2) is 29.0 Å². The van der Waals surface area contributed by atoms with E-state index in [4.69, 9.17) is 4.42 Å². The van der Waals surface area contributed by atoms with Gasteiger partial charge in [0.05, 0.1) is 5.69 Å². The number of rotatable bonds is 6. The molecule has 0 bridgehead atoms. The van der Waals surface area contributed by atoms with E-state index in [-0.39, 0.29) is 24.0 Å². The molecule has 0 aliphatic carbocycles. The molecule has 0 aliphatic rings. The van der Waals surface area contributed by atoms with Gasteiger partial charge in [-0.05, 0) is 38.3 Å². The van der Waals surface area contributed by atoms with Gasteiger partial charge in [-0.1, -0.05) is 18.2 Å². The molecule has 2 heterocycles. The number of nitrogens with zero attached hydrogens (tertiary/aromatic N) is 2. The molecule has 3 N–H and O–H groups in total. The number of hydrogen-bond donors (Lipinski definition) is 3. The van der Waals surface area contributed by atoms with Crippen LogP contribution >= 0.6 is 24.0 Å². The zero-order valence-corrected chi connectivity index (χ0v) is 17.8. The van der Waals surface area contributed by atoms with Crippen molar-refractivity contribution in [3.05, 3.63) is 53.4 Å². The van der Waals surface area contributed by atoms with Crippen LogP contribution in [0.2, 0.25) is 0 Å². The number of aliphatic imine (C=N–C) groups is 1. The molecular weight excluding hydrogens is 441 g/mol. The number of nitrogens with one attached hydrogen (secondary N) is 3. The van der Waals surface area contributed by atoms with Crippen molar-refractivity contribution in [3.8, 4) is 0 Å². The molecule has 1 aromatic carbocycles. The van der Waals surface area contributed by atoms with Crippen molar-refractivity contribution in [3.63, 3.8) is 0 Å². The number of para-hydroxylation sites is 1. The van der Waals surface area contributed by atoms with Crippen LogP contribution in [0.5, 0.6) is 0 Å². The summed E-state index contributed by atoms with van der Waals surface area (Å²) in [6.07, 6.45) is 0.899. The summed E-state index contributed by atoms with van der Waals surface area (Å²) in [6.45, 7) is 7.93. The lowest BCUT2D eigenvalue weighted by atomic mass is 10.2. The number of halogens is 1. The summed E-state index contributed by atoms with van der Waals surface area (Å²) < 4.78 is 5.57. The van der Waals surface area contributed by atoms with E-state index in [1.165, 1.54) is 16.6 Å². The SMILES string of the molecule is CCNC(=NCc1nc(C)c(C)o1)NCCc1cc2ccccc2[nH]1.I. The summed E-state index contributed by atoms with van der Waals surface area (Å²) in [5, 5.41) is 7.84. The lowest BCUT2D eigenvalue weighted by Crippen LogP contribution is -2.38. The predicted molar refractivity (Wildman–Crippen MR) is 116 cm³/mol. The lowest BCUT2D eigenvalue weighted by Gasteiger charge is -2.10. The zero-order valence-electron chi connectivity index (χ0n) is 15.4. The maximum Gasteiger partial charge on any atom is 0.216 e. The number of guanidine groups is 1. The van der Waals surface area contributed by atoms with E-state index in [1.807, 2.05) is 26.8 Å². The molecule has 0 radical (unpaired) electrons. The fourth-order valence-electron chi connectivity index (χ4n) is 2.68. The van der Waals surface area contributed by atoms with Gasteiger partial charge >= 0.3 is 0 Å². The van der Waals surface area contributed by atoms with E-state index in [0.717, 1.165) is 36.9 Å². The molecule has 26 heavy (non-hydrogen) atoms. The van der Waals surface area contributed by atoms with Gasteiger partial charge in [0, 0.05) is 30.7 Å². The third-order valence-corrected chi connectivity index (χ3v) is 4.06. The van der Waals surface area contributed by atoms with Crippen LogP contribution in [0.1, 0.15) is 30.0 Å². The fourth-order valence-corrected chi connectivity index (χ4v) is 2.68. The molecule has 3 aromatic rings. The molecular formula is C19H26IN5O. The molecule has 140 valence electrons. The Balaban J connectivity index is 0.00000243. The first kappa shape index (κ1) is 20.3. The smallest absolute Gasteiger partial charge is 0.216 e. The van der Waals surface area contributed by atoms with Crippen LogP contribution in [0.4, 0.5) is 0 Å². The summed E-state index contributed by atoms with van der Waals surface area (Å²) in [6, 6.07) is 10.5. The third kappa shape index (κ3) is 5.23. The number of hydrogen-bond acceptors (Lipinski definition) is 3. The van der Waals surface area contributed by atoms with E-state index >= 15 is 0 Å². The average molecular weight is 467 g/mol. The Morgan fingerprint density at radius 1 is 1.23 bits per heavy atom.